The highest BCUT2D eigenvalue weighted by Crippen LogP contribution is 2.35. The SMILES string of the molecule is CC[C@H]1OC(=O)C[C@@H](O)[C@H](C)[C@@H](O[C@@H]2O[C@H](C)[C@@H](O)[C@H](N(C)C)[C@H]2O)[C@@H](CC=O)C[C@@H](C)C(=O)/C=C/C(C)=C/C1CO[C@@H]1O[C@H](C)[C@@H](O)[C@@H](OC)[C@H]1OC. The number of methoxy groups -OCH3 is 2. The van der Waals surface area contributed by atoms with E-state index in [1.54, 1.807) is 52.8 Å². The molecule has 0 aromatic rings. The number of hydrogen-bond donors (Lipinski definition) is 4. The summed E-state index contributed by atoms with van der Waals surface area (Å²) < 4.78 is 41.6. The van der Waals surface area contributed by atoms with Crippen LogP contribution in [-0.2, 0) is 47.5 Å². The molecule has 3 rings (SSSR count). The van der Waals surface area contributed by atoms with Gasteiger partial charge in [-0.05, 0) is 59.7 Å². The van der Waals surface area contributed by atoms with Crippen LogP contribution in [0.1, 0.15) is 67.2 Å². The van der Waals surface area contributed by atoms with Gasteiger partial charge in [0.25, 0.3) is 0 Å². The summed E-state index contributed by atoms with van der Waals surface area (Å²) in [5.41, 5.74) is 0.701. The third kappa shape index (κ3) is 11.7. The summed E-state index contributed by atoms with van der Waals surface area (Å²) >= 11 is 0. The maximum Gasteiger partial charge on any atom is 0.308 e. The summed E-state index contributed by atoms with van der Waals surface area (Å²) in [5.74, 6) is -3.37. The average molecular weight is 772 g/mol. The van der Waals surface area contributed by atoms with Crippen molar-refractivity contribution in [3.8, 4) is 0 Å². The number of cyclic esters (lactones) is 1. The monoisotopic (exact) mass is 771 g/mol. The van der Waals surface area contributed by atoms with Gasteiger partial charge in [-0.2, -0.15) is 0 Å². The maximum atomic E-state index is 13.6. The number of likely N-dealkylation sites (N-methyl/N-ethyl adjacent to an activating group) is 1. The molecule has 15 heteroatoms. The molecule has 2 fully saturated rings. The van der Waals surface area contributed by atoms with Crippen LogP contribution in [0.2, 0.25) is 0 Å². The summed E-state index contributed by atoms with van der Waals surface area (Å²) in [4.78, 5) is 40.8. The number of allylic oxidation sites excluding steroid dienone is 3. The van der Waals surface area contributed by atoms with Crippen molar-refractivity contribution in [2.45, 2.75) is 147 Å². The molecule has 0 aliphatic carbocycles. The number of ketones is 1. The highest BCUT2D eigenvalue weighted by atomic mass is 16.7. The largest absolute Gasteiger partial charge is 0.462 e. The summed E-state index contributed by atoms with van der Waals surface area (Å²) in [6.07, 6.45) is -5.36. The molecule has 0 spiro atoms. The second kappa shape index (κ2) is 21.4. The molecule has 2 saturated heterocycles. The van der Waals surface area contributed by atoms with E-state index < -0.39 is 116 Å². The topological polar surface area (TPSA) is 200 Å². The highest BCUT2D eigenvalue weighted by molar-refractivity contribution is 5.91. The Kier molecular flexibility index (Phi) is 18.3. The Morgan fingerprint density at radius 1 is 0.889 bits per heavy atom. The second-order valence-corrected chi connectivity index (χ2v) is 15.4. The molecule has 310 valence electrons. The number of carbonyl (C=O) groups excluding carboxylic acids is 3. The zero-order valence-corrected chi connectivity index (χ0v) is 33.5. The zero-order chi connectivity index (χ0) is 40.4. The molecule has 0 aromatic heterocycles. The molecule has 1 unspecified atom stereocenters. The Morgan fingerprint density at radius 3 is 2.11 bits per heavy atom. The molecule has 4 N–H and O–H groups in total. The molecule has 3 aliphatic rings. The number of aliphatic hydroxyl groups excluding tert-OH is 4. The second-order valence-electron chi connectivity index (χ2n) is 15.4. The van der Waals surface area contributed by atoms with Crippen molar-refractivity contribution >= 4 is 18.0 Å². The van der Waals surface area contributed by atoms with Gasteiger partial charge in [0.05, 0.1) is 49.6 Å². The highest BCUT2D eigenvalue weighted by Gasteiger charge is 2.48. The van der Waals surface area contributed by atoms with Crippen LogP contribution in [0.5, 0.6) is 0 Å². The molecule has 0 bridgehead atoms. The van der Waals surface area contributed by atoms with Crippen molar-refractivity contribution in [2.75, 3.05) is 34.9 Å². The van der Waals surface area contributed by atoms with Gasteiger partial charge in [-0.3, -0.25) is 9.59 Å². The molecule has 54 heavy (non-hydrogen) atoms. The van der Waals surface area contributed by atoms with Crippen molar-refractivity contribution in [2.24, 2.45) is 23.7 Å². The Morgan fingerprint density at radius 2 is 1.52 bits per heavy atom. The number of rotatable bonds is 11. The molecule has 0 radical (unpaired) electrons. The first-order chi connectivity index (χ1) is 25.5. The van der Waals surface area contributed by atoms with Crippen molar-refractivity contribution in [3.05, 3.63) is 23.8 Å². The molecular formula is C39H65NO14. The lowest BCUT2D eigenvalue weighted by atomic mass is 9.79. The Labute approximate surface area is 319 Å². The van der Waals surface area contributed by atoms with Gasteiger partial charge in [0.2, 0.25) is 0 Å². The third-order valence-corrected chi connectivity index (χ3v) is 11.1. The summed E-state index contributed by atoms with van der Waals surface area (Å²) in [5, 5.41) is 44.2. The van der Waals surface area contributed by atoms with Crippen molar-refractivity contribution in [1.82, 2.24) is 4.90 Å². The third-order valence-electron chi connectivity index (χ3n) is 11.1. The van der Waals surface area contributed by atoms with E-state index >= 15 is 0 Å². The van der Waals surface area contributed by atoms with Gasteiger partial charge in [-0.1, -0.05) is 38.5 Å². The minimum atomic E-state index is -1.31. The Bertz CT molecular complexity index is 1260. The predicted molar refractivity (Wildman–Crippen MR) is 196 cm³/mol. The van der Waals surface area contributed by atoms with Crippen LogP contribution in [0, 0.1) is 23.7 Å². The number of aldehydes is 1. The fraction of sp³-hybridized carbons (Fsp3) is 0.821. The van der Waals surface area contributed by atoms with Crippen molar-refractivity contribution in [1.29, 1.82) is 0 Å². The molecule has 15 nitrogen and oxygen atoms in total. The predicted octanol–water partition coefficient (Wildman–Crippen LogP) is 1.56. The molecule has 0 amide bonds. The van der Waals surface area contributed by atoms with E-state index in [-0.39, 0.29) is 25.2 Å². The van der Waals surface area contributed by atoms with Crippen LogP contribution in [0.15, 0.2) is 23.8 Å². The van der Waals surface area contributed by atoms with Gasteiger partial charge >= 0.3 is 5.97 Å². The first kappa shape index (κ1) is 46.2. The average Bonchev–Trinajstić information content (AvgIpc) is 3.12. The van der Waals surface area contributed by atoms with Gasteiger partial charge in [0.1, 0.15) is 36.8 Å². The van der Waals surface area contributed by atoms with E-state index in [1.807, 2.05) is 19.9 Å². The number of hydrogen-bond acceptors (Lipinski definition) is 15. The van der Waals surface area contributed by atoms with Crippen LogP contribution < -0.4 is 0 Å². The number of nitrogens with zero attached hydrogens (tertiary/aromatic N) is 1. The molecule has 17 atom stereocenters. The molecule has 0 saturated carbocycles. The molecule has 3 aliphatic heterocycles. The van der Waals surface area contributed by atoms with Gasteiger partial charge in [0.15, 0.2) is 18.4 Å². The summed E-state index contributed by atoms with van der Waals surface area (Å²) in [6.45, 7) is 10.5. The van der Waals surface area contributed by atoms with Gasteiger partial charge < -0.3 is 63.3 Å². The van der Waals surface area contributed by atoms with Crippen LogP contribution in [0.4, 0.5) is 0 Å². The normalized spacial score (nSPS) is 43.6. The van der Waals surface area contributed by atoms with E-state index in [0.717, 1.165) is 6.29 Å². The number of ether oxygens (including phenoxy) is 7. The first-order valence-electron chi connectivity index (χ1n) is 19.0. The van der Waals surface area contributed by atoms with Crippen molar-refractivity contribution in [3.63, 3.8) is 0 Å². The molecule has 3 heterocycles. The lowest BCUT2D eigenvalue weighted by molar-refractivity contribution is -0.304. The number of carbonyl (C=O) groups is 3. The first-order valence-corrected chi connectivity index (χ1v) is 19.0. The Balaban J connectivity index is 1.96. The minimum Gasteiger partial charge on any atom is -0.462 e. The maximum absolute atomic E-state index is 13.6. The van der Waals surface area contributed by atoms with E-state index in [1.165, 1.54) is 20.3 Å². The van der Waals surface area contributed by atoms with E-state index in [2.05, 4.69) is 0 Å². The summed E-state index contributed by atoms with van der Waals surface area (Å²) in [6, 6.07) is -0.740. The minimum absolute atomic E-state index is 0.0120. The standard InChI is InChI=1S/C39H65NO14/c1-11-29-26(19-50-39-37(49-10)36(48-9)33(46)24(6)52-39)16-20(2)12-13-27(42)21(3)17-25(14-15-41)35(22(4)28(43)18-30(44)53-29)54-38-34(47)31(40(7)8)32(45)23(5)51-38/h12-13,15-16,21-26,28-29,31-39,43,45-47H,11,14,17-19H2,1-10H3/b13-12+,20-16+/t21-,22+,23-,24-,25+,26?,28-,29-,31+,32-,33-,34-,35-,36-,37-,38+,39-/m1/s1. The van der Waals surface area contributed by atoms with Gasteiger partial charge in [-0.15, -0.1) is 0 Å². The van der Waals surface area contributed by atoms with Gasteiger partial charge in [-0.25, -0.2) is 0 Å². The number of esters is 1. The Hall–Kier alpha value is -2.15. The van der Waals surface area contributed by atoms with E-state index in [9.17, 15) is 34.8 Å². The smallest absolute Gasteiger partial charge is 0.308 e. The fourth-order valence-corrected chi connectivity index (χ4v) is 7.76. The zero-order valence-electron chi connectivity index (χ0n) is 33.5. The molecule has 0 aromatic carbocycles. The lowest BCUT2D eigenvalue weighted by Crippen LogP contribution is -2.63. The van der Waals surface area contributed by atoms with Crippen LogP contribution >= 0.6 is 0 Å². The fourth-order valence-electron chi connectivity index (χ4n) is 7.76. The van der Waals surface area contributed by atoms with Crippen LogP contribution in [0.3, 0.4) is 0 Å². The quantitative estimate of drug-likeness (QED) is 0.174. The molecular weight excluding hydrogens is 706 g/mol. The number of aliphatic hydroxyl groups is 4. The van der Waals surface area contributed by atoms with Crippen LogP contribution in [0.25, 0.3) is 0 Å². The van der Waals surface area contributed by atoms with Crippen LogP contribution in [-0.4, -0.2) is 158 Å². The van der Waals surface area contributed by atoms with Crippen molar-refractivity contribution < 1.29 is 68.0 Å². The van der Waals surface area contributed by atoms with Gasteiger partial charge in [0, 0.05) is 38.4 Å². The lowest BCUT2D eigenvalue weighted by Gasteiger charge is -2.46. The van der Waals surface area contributed by atoms with E-state index in [0.29, 0.717) is 12.0 Å². The van der Waals surface area contributed by atoms with E-state index in [4.69, 9.17) is 33.2 Å². The summed E-state index contributed by atoms with van der Waals surface area (Å²) in [7, 11) is 6.36.